The zero-order valence-electron chi connectivity index (χ0n) is 11.7. The first kappa shape index (κ1) is 14.5. The van der Waals surface area contributed by atoms with Gasteiger partial charge in [-0.1, -0.05) is 6.07 Å². The number of ether oxygens (including phenoxy) is 1. The van der Waals surface area contributed by atoms with Gasteiger partial charge in [-0.05, 0) is 59.5 Å². The van der Waals surface area contributed by atoms with E-state index in [9.17, 15) is 4.39 Å². The summed E-state index contributed by atoms with van der Waals surface area (Å²) >= 11 is 3.41. The van der Waals surface area contributed by atoms with E-state index in [1.165, 1.54) is 18.9 Å². The van der Waals surface area contributed by atoms with Gasteiger partial charge in [0, 0.05) is 28.8 Å². The molecule has 3 rings (SSSR count). The number of pyridine rings is 1. The normalized spacial score (nSPS) is 14.2. The van der Waals surface area contributed by atoms with Gasteiger partial charge < -0.3 is 10.1 Å². The van der Waals surface area contributed by atoms with Gasteiger partial charge in [-0.25, -0.2) is 9.37 Å². The highest BCUT2D eigenvalue weighted by Crippen LogP contribution is 2.29. The molecule has 1 saturated carbocycles. The first-order valence-corrected chi connectivity index (χ1v) is 7.73. The molecule has 1 aromatic heterocycles. The molecule has 1 fully saturated rings. The summed E-state index contributed by atoms with van der Waals surface area (Å²) in [6.45, 7) is 2.57. The molecule has 0 bridgehead atoms. The lowest BCUT2D eigenvalue weighted by Gasteiger charge is -2.12. The Kier molecular flexibility index (Phi) is 4.22. The number of nitrogens with zero attached hydrogens (tertiary/aromatic N) is 1. The Hall–Kier alpha value is -1.46. The largest absolute Gasteiger partial charge is 0.436 e. The molecule has 2 aromatic rings. The smallest absolute Gasteiger partial charge is 0.223 e. The summed E-state index contributed by atoms with van der Waals surface area (Å²) < 4.78 is 20.4. The number of benzene rings is 1. The van der Waals surface area contributed by atoms with E-state index in [1.54, 1.807) is 18.3 Å². The Morgan fingerprint density at radius 3 is 2.95 bits per heavy atom. The third-order valence-corrected chi connectivity index (χ3v) is 3.78. The van der Waals surface area contributed by atoms with Crippen LogP contribution < -0.4 is 10.1 Å². The van der Waals surface area contributed by atoms with Crippen LogP contribution in [0.1, 0.15) is 24.0 Å². The molecule has 1 heterocycles. The Balaban J connectivity index is 1.84. The van der Waals surface area contributed by atoms with Crippen molar-refractivity contribution < 1.29 is 9.13 Å². The number of nitrogens with one attached hydrogen (secondary N) is 1. The molecule has 1 aliphatic rings. The molecular weight excluding hydrogens is 335 g/mol. The lowest BCUT2D eigenvalue weighted by Crippen LogP contribution is -2.16. The second-order valence-electron chi connectivity index (χ2n) is 5.31. The molecule has 0 aliphatic heterocycles. The average molecular weight is 351 g/mol. The molecule has 21 heavy (non-hydrogen) atoms. The summed E-state index contributed by atoms with van der Waals surface area (Å²) in [4.78, 5) is 4.27. The number of halogens is 2. The van der Waals surface area contributed by atoms with Crippen molar-refractivity contribution in [3.8, 4) is 11.6 Å². The van der Waals surface area contributed by atoms with Crippen LogP contribution >= 0.6 is 15.9 Å². The summed E-state index contributed by atoms with van der Waals surface area (Å²) in [6.07, 6.45) is 4.08. The molecule has 110 valence electrons. The lowest BCUT2D eigenvalue weighted by molar-refractivity contribution is 0.419. The van der Waals surface area contributed by atoms with E-state index in [2.05, 4.69) is 26.2 Å². The van der Waals surface area contributed by atoms with Crippen molar-refractivity contribution in [1.82, 2.24) is 10.3 Å². The van der Waals surface area contributed by atoms with Crippen LogP contribution in [0.3, 0.4) is 0 Å². The third kappa shape index (κ3) is 3.80. The van der Waals surface area contributed by atoms with Crippen LogP contribution in [0.15, 0.2) is 34.9 Å². The van der Waals surface area contributed by atoms with E-state index >= 15 is 0 Å². The molecule has 3 nitrogen and oxygen atoms in total. The van der Waals surface area contributed by atoms with Crippen molar-refractivity contribution in [2.45, 2.75) is 32.4 Å². The van der Waals surface area contributed by atoms with Crippen molar-refractivity contribution in [3.63, 3.8) is 0 Å². The van der Waals surface area contributed by atoms with Crippen LogP contribution in [-0.4, -0.2) is 11.0 Å². The molecule has 0 atom stereocenters. The molecule has 1 N–H and O–H groups in total. The van der Waals surface area contributed by atoms with Gasteiger partial charge in [-0.15, -0.1) is 0 Å². The van der Waals surface area contributed by atoms with Gasteiger partial charge in [0.1, 0.15) is 0 Å². The first-order chi connectivity index (χ1) is 10.1. The molecule has 1 aromatic carbocycles. The second kappa shape index (κ2) is 6.12. The molecule has 0 saturated heterocycles. The van der Waals surface area contributed by atoms with Crippen molar-refractivity contribution >= 4 is 15.9 Å². The van der Waals surface area contributed by atoms with Gasteiger partial charge >= 0.3 is 0 Å². The van der Waals surface area contributed by atoms with Crippen LogP contribution in [0.2, 0.25) is 0 Å². The zero-order chi connectivity index (χ0) is 14.8. The maximum atomic E-state index is 13.8. The summed E-state index contributed by atoms with van der Waals surface area (Å²) in [5.41, 5.74) is 1.86. The van der Waals surface area contributed by atoms with Gasteiger partial charge in [0.2, 0.25) is 5.88 Å². The molecule has 1 aliphatic carbocycles. The average Bonchev–Trinajstić information content (AvgIpc) is 3.27. The van der Waals surface area contributed by atoms with E-state index < -0.39 is 0 Å². The van der Waals surface area contributed by atoms with Crippen LogP contribution in [0.4, 0.5) is 4.39 Å². The molecular formula is C16H16BrFN2O. The number of aryl methyl sites for hydroxylation is 1. The highest BCUT2D eigenvalue weighted by atomic mass is 79.9. The molecule has 0 unspecified atom stereocenters. The van der Waals surface area contributed by atoms with Crippen LogP contribution in [0, 0.1) is 12.7 Å². The fourth-order valence-electron chi connectivity index (χ4n) is 2.02. The van der Waals surface area contributed by atoms with E-state index in [1.807, 2.05) is 13.0 Å². The van der Waals surface area contributed by atoms with Crippen LogP contribution in [-0.2, 0) is 6.54 Å². The summed E-state index contributed by atoms with van der Waals surface area (Å²) in [5, 5.41) is 3.42. The number of rotatable bonds is 5. The lowest BCUT2D eigenvalue weighted by atomic mass is 10.2. The highest BCUT2D eigenvalue weighted by Gasteiger charge is 2.21. The molecule has 5 heteroatoms. The second-order valence-corrected chi connectivity index (χ2v) is 6.22. The summed E-state index contributed by atoms with van der Waals surface area (Å²) in [6, 6.07) is 7.34. The van der Waals surface area contributed by atoms with E-state index in [0.29, 0.717) is 18.5 Å². The SMILES string of the molecule is Cc1ccc(F)c(Oc2ncc(Br)cc2CNC2CC2)c1. The maximum absolute atomic E-state index is 13.8. The fourth-order valence-corrected chi connectivity index (χ4v) is 2.40. The van der Waals surface area contributed by atoms with Crippen molar-refractivity contribution in [2.24, 2.45) is 0 Å². The zero-order valence-corrected chi connectivity index (χ0v) is 13.3. The molecule has 0 spiro atoms. The summed E-state index contributed by atoms with van der Waals surface area (Å²) in [5.74, 6) is 0.264. The van der Waals surface area contributed by atoms with Gasteiger partial charge in [0.15, 0.2) is 11.6 Å². The van der Waals surface area contributed by atoms with Gasteiger partial charge in [-0.2, -0.15) is 0 Å². The van der Waals surface area contributed by atoms with Crippen LogP contribution in [0.5, 0.6) is 11.6 Å². The first-order valence-electron chi connectivity index (χ1n) is 6.93. The number of hydrogen-bond acceptors (Lipinski definition) is 3. The number of aromatic nitrogens is 1. The van der Waals surface area contributed by atoms with Crippen LogP contribution in [0.25, 0.3) is 0 Å². The molecule has 0 amide bonds. The monoisotopic (exact) mass is 350 g/mol. The van der Waals surface area contributed by atoms with Crippen molar-refractivity contribution in [1.29, 1.82) is 0 Å². The minimum absolute atomic E-state index is 0.206. The number of hydrogen-bond donors (Lipinski definition) is 1. The molecule has 0 radical (unpaired) electrons. The predicted molar refractivity (Wildman–Crippen MR) is 83.0 cm³/mol. The van der Waals surface area contributed by atoms with Gasteiger partial charge in [0.25, 0.3) is 0 Å². The predicted octanol–water partition coefficient (Wildman–Crippen LogP) is 4.34. The third-order valence-electron chi connectivity index (χ3n) is 3.34. The standard InChI is InChI=1S/C16H16BrFN2O/c1-10-2-5-14(18)15(6-10)21-16-11(7-12(17)9-20-16)8-19-13-3-4-13/h2,5-7,9,13,19H,3-4,8H2,1H3. The van der Waals surface area contributed by atoms with E-state index in [4.69, 9.17) is 4.74 Å². The maximum Gasteiger partial charge on any atom is 0.223 e. The van der Waals surface area contributed by atoms with Crippen molar-refractivity contribution in [3.05, 3.63) is 51.9 Å². The minimum Gasteiger partial charge on any atom is -0.436 e. The Morgan fingerprint density at radius 1 is 1.38 bits per heavy atom. The minimum atomic E-state index is -0.383. The topological polar surface area (TPSA) is 34.1 Å². The Labute approximate surface area is 131 Å². The van der Waals surface area contributed by atoms with E-state index in [0.717, 1.165) is 15.6 Å². The van der Waals surface area contributed by atoms with Crippen molar-refractivity contribution in [2.75, 3.05) is 0 Å². The van der Waals surface area contributed by atoms with Gasteiger partial charge in [-0.3, -0.25) is 0 Å². The van der Waals surface area contributed by atoms with Gasteiger partial charge in [0.05, 0.1) is 0 Å². The fraction of sp³-hybridized carbons (Fsp3) is 0.312. The Bertz CT molecular complexity index is 659. The Morgan fingerprint density at radius 2 is 2.19 bits per heavy atom. The highest BCUT2D eigenvalue weighted by molar-refractivity contribution is 9.10. The summed E-state index contributed by atoms with van der Waals surface area (Å²) in [7, 11) is 0. The van der Waals surface area contributed by atoms with E-state index in [-0.39, 0.29) is 11.6 Å². The quantitative estimate of drug-likeness (QED) is 0.870.